The van der Waals surface area contributed by atoms with Crippen LogP contribution in [0, 0.1) is 0 Å². The number of fused-ring (bicyclic) bond motifs is 3. The van der Waals surface area contributed by atoms with Crippen LogP contribution < -0.4 is 24.8 Å². The van der Waals surface area contributed by atoms with Crippen molar-refractivity contribution in [1.29, 1.82) is 0 Å². The minimum Gasteiger partial charge on any atom is -0.497 e. The van der Waals surface area contributed by atoms with Gasteiger partial charge in [0.25, 0.3) is 5.91 Å². The first-order chi connectivity index (χ1) is 17.3. The molecular weight excluding hydrogens is 499 g/mol. The number of nitrogens with zero attached hydrogens (tertiary/aromatic N) is 3. The molecule has 2 atom stereocenters. The van der Waals surface area contributed by atoms with Crippen molar-refractivity contribution < 1.29 is 32.2 Å². The van der Waals surface area contributed by atoms with Gasteiger partial charge in [-0.1, -0.05) is 17.4 Å². The van der Waals surface area contributed by atoms with Crippen LogP contribution in [0.15, 0.2) is 42.5 Å². The highest BCUT2D eigenvalue weighted by atomic mass is 32.1. The minimum atomic E-state index is -4.57. The number of aromatic nitrogens is 3. The van der Waals surface area contributed by atoms with E-state index in [0.717, 1.165) is 9.38 Å². The molecule has 6 rings (SSSR count). The topological polar surface area (TPSA) is 99.5 Å². The second-order valence-corrected chi connectivity index (χ2v) is 9.30. The van der Waals surface area contributed by atoms with Crippen molar-refractivity contribution in [2.75, 3.05) is 24.5 Å². The van der Waals surface area contributed by atoms with Gasteiger partial charge < -0.3 is 19.5 Å². The van der Waals surface area contributed by atoms with E-state index in [1.54, 1.807) is 43.5 Å². The van der Waals surface area contributed by atoms with Gasteiger partial charge in [-0.05, 0) is 35.9 Å². The molecular formula is C23H18F3N5O4S. The van der Waals surface area contributed by atoms with Crippen molar-refractivity contribution in [2.24, 2.45) is 0 Å². The Morgan fingerprint density at radius 2 is 2.03 bits per heavy atom. The van der Waals surface area contributed by atoms with E-state index >= 15 is 0 Å². The maximum Gasteiger partial charge on any atom is 0.410 e. The van der Waals surface area contributed by atoms with Gasteiger partial charge in [0.2, 0.25) is 6.79 Å². The molecule has 2 aliphatic heterocycles. The number of ether oxygens (including phenoxy) is 3. The lowest BCUT2D eigenvalue weighted by atomic mass is 9.96. The third kappa shape index (κ3) is 3.94. The molecule has 0 fully saturated rings. The molecule has 36 heavy (non-hydrogen) atoms. The largest absolute Gasteiger partial charge is 0.497 e. The summed E-state index contributed by atoms with van der Waals surface area (Å²) in [7, 11) is 1.55. The molecule has 0 saturated heterocycles. The van der Waals surface area contributed by atoms with E-state index < -0.39 is 24.2 Å². The Bertz CT molecular complexity index is 1480. The number of benzene rings is 2. The van der Waals surface area contributed by atoms with Crippen molar-refractivity contribution in [3.8, 4) is 17.2 Å². The Morgan fingerprint density at radius 1 is 1.19 bits per heavy atom. The zero-order chi connectivity index (χ0) is 25.0. The number of anilines is 2. The van der Waals surface area contributed by atoms with Gasteiger partial charge in [-0.15, -0.1) is 0 Å². The second kappa shape index (κ2) is 8.29. The van der Waals surface area contributed by atoms with Crippen molar-refractivity contribution in [1.82, 2.24) is 14.8 Å². The number of methoxy groups -OCH3 is 1. The van der Waals surface area contributed by atoms with Crippen LogP contribution in [0.2, 0.25) is 0 Å². The molecule has 0 bridgehead atoms. The predicted octanol–water partition coefficient (Wildman–Crippen LogP) is 5.14. The number of halogens is 3. The Hall–Kier alpha value is -4.00. The van der Waals surface area contributed by atoms with E-state index in [0.29, 0.717) is 33.5 Å². The van der Waals surface area contributed by atoms with Gasteiger partial charge in [0.15, 0.2) is 28.4 Å². The van der Waals surface area contributed by atoms with Crippen LogP contribution >= 0.6 is 11.3 Å². The summed E-state index contributed by atoms with van der Waals surface area (Å²) >= 11 is 1.22. The molecule has 1 amide bonds. The number of hydrogen-bond acceptors (Lipinski definition) is 8. The monoisotopic (exact) mass is 517 g/mol. The van der Waals surface area contributed by atoms with Gasteiger partial charge in [0, 0.05) is 12.5 Å². The van der Waals surface area contributed by atoms with Crippen LogP contribution in [-0.4, -0.2) is 40.8 Å². The van der Waals surface area contributed by atoms with Crippen LogP contribution in [0.1, 0.15) is 34.6 Å². The van der Waals surface area contributed by atoms with Crippen molar-refractivity contribution in [3.63, 3.8) is 0 Å². The molecule has 4 aromatic rings. The van der Waals surface area contributed by atoms with E-state index in [9.17, 15) is 18.0 Å². The third-order valence-electron chi connectivity index (χ3n) is 6.04. The van der Waals surface area contributed by atoms with Crippen LogP contribution in [0.5, 0.6) is 17.2 Å². The number of amides is 1. The Balaban J connectivity index is 1.28. The number of rotatable bonds is 4. The maximum atomic E-state index is 14.0. The molecule has 2 aromatic heterocycles. The van der Waals surface area contributed by atoms with Crippen molar-refractivity contribution in [2.45, 2.75) is 24.7 Å². The number of carbonyl (C=O) groups excluding carboxylic acids is 1. The van der Waals surface area contributed by atoms with E-state index in [1.165, 1.54) is 17.4 Å². The number of thiazole rings is 1. The summed E-state index contributed by atoms with van der Waals surface area (Å²) in [5.41, 5.74) is 1.11. The molecule has 186 valence electrons. The summed E-state index contributed by atoms with van der Waals surface area (Å²) in [5, 5.41) is 10.0. The first-order valence-electron chi connectivity index (χ1n) is 10.9. The van der Waals surface area contributed by atoms with Gasteiger partial charge >= 0.3 is 6.18 Å². The molecule has 0 saturated carbocycles. The van der Waals surface area contributed by atoms with Crippen LogP contribution in [-0.2, 0) is 0 Å². The maximum absolute atomic E-state index is 14.0. The fraction of sp³-hybridized carbons (Fsp3) is 0.261. The van der Waals surface area contributed by atoms with Crippen LogP contribution in [0.25, 0.3) is 10.2 Å². The first kappa shape index (κ1) is 22.5. The summed E-state index contributed by atoms with van der Waals surface area (Å²) in [4.78, 5) is 17.2. The lowest BCUT2D eigenvalue weighted by Gasteiger charge is -2.33. The van der Waals surface area contributed by atoms with Crippen LogP contribution in [0.3, 0.4) is 0 Å². The number of hydrogen-bond donors (Lipinski definition) is 2. The molecule has 0 radical (unpaired) electrons. The molecule has 0 aliphatic carbocycles. The predicted molar refractivity (Wildman–Crippen MR) is 125 cm³/mol. The van der Waals surface area contributed by atoms with Crippen LogP contribution in [0.4, 0.5) is 24.1 Å². The number of nitrogens with one attached hydrogen (secondary N) is 2. The third-order valence-corrected chi connectivity index (χ3v) is 6.97. The molecule has 0 unspecified atom stereocenters. The lowest BCUT2D eigenvalue weighted by Crippen LogP contribution is -2.35. The SMILES string of the molecule is COc1ccc2nc(NC(=O)c3cc4n(n3)[C@@H](C(F)(F)F)C[C@H](c3ccc5c(c3)OCO5)N4)sc2c1. The summed E-state index contributed by atoms with van der Waals surface area (Å²) in [5.74, 6) is 1.09. The zero-order valence-electron chi connectivity index (χ0n) is 18.6. The first-order valence-corrected chi connectivity index (χ1v) is 11.7. The highest BCUT2D eigenvalue weighted by Gasteiger charge is 2.47. The Kier molecular flexibility index (Phi) is 5.18. The standard InChI is InChI=1S/C23H18F3N5O4S/c1-33-12-3-4-13-18(7-12)36-22(28-13)29-21(32)15-9-20-27-14(8-19(23(24,25)26)31(20)30-15)11-2-5-16-17(6-11)35-10-34-16/h2-7,9,14,19,27H,8,10H2,1H3,(H,28,29,32)/t14-,19-/m1/s1. The fourth-order valence-corrected chi connectivity index (χ4v) is 5.17. The second-order valence-electron chi connectivity index (χ2n) is 8.27. The molecule has 2 aromatic carbocycles. The molecule has 13 heteroatoms. The van der Waals surface area contributed by atoms with E-state index in [4.69, 9.17) is 14.2 Å². The van der Waals surface area contributed by atoms with Gasteiger partial charge in [-0.3, -0.25) is 10.1 Å². The van der Waals surface area contributed by atoms with Gasteiger partial charge in [-0.2, -0.15) is 18.3 Å². The number of carbonyl (C=O) groups is 1. The lowest BCUT2D eigenvalue weighted by molar-refractivity contribution is -0.173. The van der Waals surface area contributed by atoms with Gasteiger partial charge in [0.1, 0.15) is 11.6 Å². The van der Waals surface area contributed by atoms with E-state index in [-0.39, 0.29) is 24.7 Å². The van der Waals surface area contributed by atoms with Crippen molar-refractivity contribution >= 4 is 38.4 Å². The average molecular weight is 517 g/mol. The molecule has 9 nitrogen and oxygen atoms in total. The van der Waals surface area contributed by atoms with E-state index in [2.05, 4.69) is 20.7 Å². The summed E-state index contributed by atoms with van der Waals surface area (Å²) in [6.07, 6.45) is -4.88. The summed E-state index contributed by atoms with van der Waals surface area (Å²) < 4.78 is 59.5. The molecule has 2 aliphatic rings. The Labute approximate surface area is 205 Å². The molecule has 2 N–H and O–H groups in total. The Morgan fingerprint density at radius 3 is 2.83 bits per heavy atom. The summed E-state index contributed by atoms with van der Waals surface area (Å²) in [6.45, 7) is 0.0650. The smallest absolute Gasteiger partial charge is 0.410 e. The quantitative estimate of drug-likeness (QED) is 0.387. The highest BCUT2D eigenvalue weighted by molar-refractivity contribution is 7.22. The highest BCUT2D eigenvalue weighted by Crippen LogP contribution is 2.45. The molecule has 4 heterocycles. The van der Waals surface area contributed by atoms with E-state index in [1.807, 2.05) is 0 Å². The minimum absolute atomic E-state index is 0.0650. The zero-order valence-corrected chi connectivity index (χ0v) is 19.4. The normalized spacial score (nSPS) is 18.6. The average Bonchev–Trinajstić information content (AvgIpc) is 3.58. The van der Waals surface area contributed by atoms with Gasteiger partial charge in [-0.25, -0.2) is 9.67 Å². The van der Waals surface area contributed by atoms with Crippen molar-refractivity contribution in [3.05, 3.63) is 53.7 Å². The summed E-state index contributed by atoms with van der Waals surface area (Å²) in [6, 6.07) is 9.03. The fourth-order valence-electron chi connectivity index (χ4n) is 4.28. The molecule has 0 spiro atoms. The van der Waals surface area contributed by atoms with Gasteiger partial charge in [0.05, 0.1) is 23.4 Å². The number of alkyl halides is 3.